The normalized spacial score (nSPS) is 10.5. The van der Waals surface area contributed by atoms with Crippen molar-refractivity contribution in [3.8, 4) is 11.5 Å². The lowest BCUT2D eigenvalue weighted by atomic mass is 10.2. The van der Waals surface area contributed by atoms with Crippen molar-refractivity contribution in [3.05, 3.63) is 27.3 Å². The largest absolute Gasteiger partial charge is 0.249 e. The Labute approximate surface area is 94.5 Å². The first kappa shape index (κ1) is 9.73. The van der Waals surface area contributed by atoms with Gasteiger partial charge < -0.3 is 0 Å². The monoisotopic (exact) mass is 269 g/mol. The van der Waals surface area contributed by atoms with Crippen LogP contribution in [0.3, 0.4) is 0 Å². The second kappa shape index (κ2) is 3.74. The summed E-state index contributed by atoms with van der Waals surface area (Å²) < 4.78 is 4.96. The van der Waals surface area contributed by atoms with E-state index in [1.54, 1.807) is 0 Å². The van der Waals surface area contributed by atoms with Crippen LogP contribution in [0.15, 0.2) is 16.0 Å². The van der Waals surface area contributed by atoms with Gasteiger partial charge in [-0.15, -0.1) is 0 Å². The van der Waals surface area contributed by atoms with Gasteiger partial charge in [0.15, 0.2) is 9.74 Å². The highest BCUT2D eigenvalue weighted by atomic mass is 79.9. The van der Waals surface area contributed by atoms with E-state index >= 15 is 0 Å². The van der Waals surface area contributed by atoms with Crippen LogP contribution >= 0.6 is 27.5 Å². The maximum Gasteiger partial charge on any atom is 0.192 e. The molecule has 0 saturated carbocycles. The third kappa shape index (κ3) is 1.83. The maximum absolute atomic E-state index is 4.42. The summed E-state index contributed by atoms with van der Waals surface area (Å²) in [6.07, 6.45) is 0. The van der Waals surface area contributed by atoms with Crippen molar-refractivity contribution in [1.29, 1.82) is 0 Å². The number of pyridine rings is 1. The summed E-state index contributed by atoms with van der Waals surface area (Å²) in [5.41, 5.74) is 3.03. The smallest absolute Gasteiger partial charge is 0.192 e. The van der Waals surface area contributed by atoms with E-state index in [9.17, 15) is 0 Å². The molecule has 0 amide bonds. The summed E-state index contributed by atoms with van der Waals surface area (Å²) in [6, 6.07) is 3.98. The second-order valence-corrected chi connectivity index (χ2v) is 5.00. The molecule has 0 aliphatic rings. The SMILES string of the molecule is Cc1ccc(-c2nsc(Br)n2)nc1C. The highest BCUT2D eigenvalue weighted by Crippen LogP contribution is 2.20. The predicted molar refractivity (Wildman–Crippen MR) is 60.3 cm³/mol. The number of halogens is 1. The lowest BCUT2D eigenvalue weighted by molar-refractivity contribution is 1.13. The molecule has 0 fully saturated rings. The average Bonchev–Trinajstić information content (AvgIpc) is 2.57. The zero-order valence-corrected chi connectivity index (χ0v) is 10.2. The summed E-state index contributed by atoms with van der Waals surface area (Å²) in [6.45, 7) is 4.02. The van der Waals surface area contributed by atoms with Crippen molar-refractivity contribution in [2.45, 2.75) is 13.8 Å². The first-order valence-corrected chi connectivity index (χ1v) is 5.67. The van der Waals surface area contributed by atoms with E-state index in [0.717, 1.165) is 15.3 Å². The van der Waals surface area contributed by atoms with Crippen molar-refractivity contribution in [2.75, 3.05) is 0 Å². The van der Waals surface area contributed by atoms with Crippen LogP contribution in [0.5, 0.6) is 0 Å². The molecule has 14 heavy (non-hydrogen) atoms. The Morgan fingerprint density at radius 1 is 1.21 bits per heavy atom. The van der Waals surface area contributed by atoms with Crippen molar-refractivity contribution in [1.82, 2.24) is 14.3 Å². The third-order valence-corrected chi connectivity index (χ3v) is 3.10. The molecule has 0 atom stereocenters. The van der Waals surface area contributed by atoms with Gasteiger partial charge in [0, 0.05) is 5.69 Å². The highest BCUT2D eigenvalue weighted by molar-refractivity contribution is 9.11. The molecule has 3 nitrogen and oxygen atoms in total. The Hall–Kier alpha value is -0.810. The van der Waals surface area contributed by atoms with Gasteiger partial charge in [0.1, 0.15) is 5.69 Å². The third-order valence-electron chi connectivity index (χ3n) is 1.98. The van der Waals surface area contributed by atoms with Gasteiger partial charge in [-0.3, -0.25) is 0 Å². The van der Waals surface area contributed by atoms with Crippen molar-refractivity contribution >= 4 is 27.5 Å². The van der Waals surface area contributed by atoms with Gasteiger partial charge in [-0.1, -0.05) is 6.07 Å². The molecule has 2 heterocycles. The number of aryl methyl sites for hydroxylation is 2. The molecule has 5 heteroatoms. The first-order chi connectivity index (χ1) is 6.66. The summed E-state index contributed by atoms with van der Waals surface area (Å²) in [4.78, 5) is 8.63. The van der Waals surface area contributed by atoms with E-state index in [0.29, 0.717) is 5.82 Å². The van der Waals surface area contributed by atoms with Gasteiger partial charge >= 0.3 is 0 Å². The lowest BCUT2D eigenvalue weighted by Gasteiger charge is -1.99. The van der Waals surface area contributed by atoms with Crippen molar-refractivity contribution in [2.24, 2.45) is 0 Å². The van der Waals surface area contributed by atoms with Crippen LogP contribution in [-0.4, -0.2) is 14.3 Å². The van der Waals surface area contributed by atoms with E-state index < -0.39 is 0 Å². The first-order valence-electron chi connectivity index (χ1n) is 4.10. The molecule has 0 aliphatic carbocycles. The zero-order chi connectivity index (χ0) is 10.1. The van der Waals surface area contributed by atoms with Gasteiger partial charge in [0.2, 0.25) is 0 Å². The van der Waals surface area contributed by atoms with Crippen LogP contribution < -0.4 is 0 Å². The zero-order valence-electron chi connectivity index (χ0n) is 7.78. The van der Waals surface area contributed by atoms with Gasteiger partial charge in [0.05, 0.1) is 0 Å². The second-order valence-electron chi connectivity index (χ2n) is 2.97. The molecule has 0 aromatic carbocycles. The van der Waals surface area contributed by atoms with Crippen molar-refractivity contribution in [3.63, 3.8) is 0 Å². The Morgan fingerprint density at radius 2 is 2.00 bits per heavy atom. The standard InChI is InChI=1S/C9H8BrN3S/c1-5-3-4-7(11-6(5)2)8-12-9(10)14-13-8/h3-4H,1-2H3. The van der Waals surface area contributed by atoms with E-state index in [2.05, 4.69) is 30.3 Å². The minimum atomic E-state index is 0.685. The minimum absolute atomic E-state index is 0.685. The summed E-state index contributed by atoms with van der Waals surface area (Å²) in [7, 11) is 0. The van der Waals surface area contributed by atoms with E-state index in [4.69, 9.17) is 0 Å². The molecule has 2 rings (SSSR count). The van der Waals surface area contributed by atoms with E-state index in [-0.39, 0.29) is 0 Å². The quantitative estimate of drug-likeness (QED) is 0.799. The number of rotatable bonds is 1. The molecule has 0 spiro atoms. The molecular formula is C9H8BrN3S. The Balaban J connectivity index is 2.47. The van der Waals surface area contributed by atoms with Gasteiger partial charge in [-0.2, -0.15) is 4.37 Å². The van der Waals surface area contributed by atoms with Crippen molar-refractivity contribution < 1.29 is 0 Å². The maximum atomic E-state index is 4.42. The van der Waals surface area contributed by atoms with Gasteiger partial charge in [-0.05, 0) is 52.9 Å². The molecule has 0 radical (unpaired) electrons. The number of aromatic nitrogens is 3. The van der Waals surface area contributed by atoms with Gasteiger partial charge in [0.25, 0.3) is 0 Å². The molecule has 0 bridgehead atoms. The van der Waals surface area contributed by atoms with E-state index in [1.165, 1.54) is 17.1 Å². The fourth-order valence-electron chi connectivity index (χ4n) is 1.06. The fourth-order valence-corrected chi connectivity index (χ4v) is 1.87. The number of hydrogen-bond acceptors (Lipinski definition) is 4. The predicted octanol–water partition coefficient (Wildman–Crippen LogP) is 2.98. The Bertz CT molecular complexity index is 467. The molecular weight excluding hydrogens is 262 g/mol. The highest BCUT2D eigenvalue weighted by Gasteiger charge is 2.06. The Morgan fingerprint density at radius 3 is 2.57 bits per heavy atom. The van der Waals surface area contributed by atoms with Crippen LogP contribution in [-0.2, 0) is 0 Å². The molecule has 0 N–H and O–H groups in total. The summed E-state index contributed by atoms with van der Waals surface area (Å²) in [5.74, 6) is 0.685. The molecule has 2 aromatic heterocycles. The van der Waals surface area contributed by atoms with Crippen LogP contribution in [0.25, 0.3) is 11.5 Å². The average molecular weight is 270 g/mol. The van der Waals surface area contributed by atoms with Crippen LogP contribution in [0.1, 0.15) is 11.3 Å². The number of nitrogens with zero attached hydrogens (tertiary/aromatic N) is 3. The lowest BCUT2D eigenvalue weighted by Crippen LogP contribution is -1.91. The fraction of sp³-hybridized carbons (Fsp3) is 0.222. The summed E-state index contributed by atoms with van der Waals surface area (Å²) >= 11 is 4.60. The number of hydrogen-bond donors (Lipinski definition) is 0. The van der Waals surface area contributed by atoms with Crippen LogP contribution in [0.2, 0.25) is 0 Å². The molecule has 72 valence electrons. The summed E-state index contributed by atoms with van der Waals surface area (Å²) in [5, 5.41) is 0. The van der Waals surface area contributed by atoms with E-state index in [1.807, 2.05) is 26.0 Å². The molecule has 2 aromatic rings. The van der Waals surface area contributed by atoms with Crippen LogP contribution in [0.4, 0.5) is 0 Å². The van der Waals surface area contributed by atoms with Gasteiger partial charge in [-0.25, -0.2) is 9.97 Å². The molecule has 0 aliphatic heterocycles. The Kier molecular flexibility index (Phi) is 2.60. The molecule has 0 saturated heterocycles. The minimum Gasteiger partial charge on any atom is -0.249 e. The van der Waals surface area contributed by atoms with Crippen LogP contribution in [0, 0.1) is 13.8 Å². The topological polar surface area (TPSA) is 38.7 Å². The molecule has 0 unspecified atom stereocenters.